The van der Waals surface area contributed by atoms with Gasteiger partial charge in [0.05, 0.1) is 5.52 Å². The summed E-state index contributed by atoms with van der Waals surface area (Å²) in [5.74, 6) is 0. The highest BCUT2D eigenvalue weighted by molar-refractivity contribution is 6.09. The minimum absolute atomic E-state index is 0.695. The Labute approximate surface area is 149 Å². The van der Waals surface area contributed by atoms with Crippen molar-refractivity contribution in [1.82, 2.24) is 4.98 Å². The Balaban J connectivity index is 2.06. The number of anilines is 1. The third-order valence-corrected chi connectivity index (χ3v) is 4.48. The van der Waals surface area contributed by atoms with Crippen LogP contribution in [0.3, 0.4) is 0 Å². The molecule has 3 aromatic rings. The van der Waals surface area contributed by atoms with Gasteiger partial charge < -0.3 is 10.3 Å². The SMILES string of the molecule is CCCC(=N)c1cc(C)nc2cc(-c3ccc(N(C)C)cc3)ccc12. The van der Waals surface area contributed by atoms with E-state index in [1.807, 2.05) is 27.1 Å². The molecule has 25 heavy (non-hydrogen) atoms. The Morgan fingerprint density at radius 2 is 1.68 bits per heavy atom. The maximum absolute atomic E-state index is 8.36. The quantitative estimate of drug-likeness (QED) is 0.632. The predicted octanol–water partition coefficient (Wildman–Crippen LogP) is 5.44. The fraction of sp³-hybridized carbons (Fsp3) is 0.273. The van der Waals surface area contributed by atoms with Crippen LogP contribution in [-0.4, -0.2) is 24.8 Å². The lowest BCUT2D eigenvalue weighted by molar-refractivity contribution is 0.986. The highest BCUT2D eigenvalue weighted by atomic mass is 15.1. The summed E-state index contributed by atoms with van der Waals surface area (Å²) in [5.41, 5.74) is 7.16. The van der Waals surface area contributed by atoms with Gasteiger partial charge in [-0.05, 0) is 48.7 Å². The van der Waals surface area contributed by atoms with Gasteiger partial charge in [-0.3, -0.25) is 4.98 Å². The first-order chi connectivity index (χ1) is 12.0. The molecule has 3 heteroatoms. The topological polar surface area (TPSA) is 40.0 Å². The summed E-state index contributed by atoms with van der Waals surface area (Å²) in [6.45, 7) is 4.11. The van der Waals surface area contributed by atoms with Gasteiger partial charge in [-0.1, -0.05) is 37.6 Å². The average molecular weight is 331 g/mol. The van der Waals surface area contributed by atoms with Crippen LogP contribution >= 0.6 is 0 Å². The van der Waals surface area contributed by atoms with E-state index in [1.165, 1.54) is 11.3 Å². The second-order valence-corrected chi connectivity index (χ2v) is 6.71. The molecule has 0 aliphatic heterocycles. The number of aryl methyl sites for hydroxylation is 1. The molecule has 1 heterocycles. The van der Waals surface area contributed by atoms with Gasteiger partial charge in [-0.2, -0.15) is 0 Å². The molecule has 0 aliphatic rings. The number of benzene rings is 2. The number of nitrogens with one attached hydrogen (secondary N) is 1. The Morgan fingerprint density at radius 3 is 2.32 bits per heavy atom. The Bertz CT molecular complexity index is 908. The van der Waals surface area contributed by atoms with Crippen molar-refractivity contribution in [3.8, 4) is 11.1 Å². The van der Waals surface area contributed by atoms with Crippen LogP contribution in [0.2, 0.25) is 0 Å². The maximum Gasteiger partial charge on any atom is 0.0718 e. The Kier molecular flexibility index (Phi) is 4.84. The number of rotatable bonds is 5. The first-order valence-corrected chi connectivity index (χ1v) is 8.76. The van der Waals surface area contributed by atoms with E-state index >= 15 is 0 Å². The van der Waals surface area contributed by atoms with Crippen molar-refractivity contribution in [2.75, 3.05) is 19.0 Å². The standard InChI is InChI=1S/C22H25N3/c1-5-6-21(23)20-13-15(2)24-22-14-17(9-12-19(20)22)16-7-10-18(11-8-16)25(3)4/h7-14,23H,5-6H2,1-4H3. The fourth-order valence-corrected chi connectivity index (χ4v) is 3.13. The molecule has 1 N–H and O–H groups in total. The molecule has 2 aromatic carbocycles. The molecule has 0 bridgehead atoms. The molecule has 0 aliphatic carbocycles. The van der Waals surface area contributed by atoms with Crippen LogP contribution < -0.4 is 4.90 Å². The maximum atomic E-state index is 8.36. The van der Waals surface area contributed by atoms with E-state index in [1.54, 1.807) is 0 Å². The van der Waals surface area contributed by atoms with Crippen LogP contribution in [0.4, 0.5) is 5.69 Å². The molecular formula is C22H25N3. The second-order valence-electron chi connectivity index (χ2n) is 6.71. The zero-order chi connectivity index (χ0) is 18.0. The lowest BCUT2D eigenvalue weighted by Gasteiger charge is -2.13. The normalized spacial score (nSPS) is 10.9. The smallest absolute Gasteiger partial charge is 0.0718 e. The zero-order valence-electron chi connectivity index (χ0n) is 15.4. The number of pyridine rings is 1. The van der Waals surface area contributed by atoms with Crippen LogP contribution in [-0.2, 0) is 0 Å². The lowest BCUT2D eigenvalue weighted by atomic mass is 9.97. The molecule has 0 radical (unpaired) electrons. The molecule has 128 valence electrons. The first kappa shape index (κ1) is 17.2. The van der Waals surface area contributed by atoms with Crippen LogP contribution in [0.15, 0.2) is 48.5 Å². The Hall–Kier alpha value is -2.68. The van der Waals surface area contributed by atoms with Crippen molar-refractivity contribution in [1.29, 1.82) is 5.41 Å². The van der Waals surface area contributed by atoms with Crippen molar-refractivity contribution in [3.05, 3.63) is 59.8 Å². The minimum atomic E-state index is 0.695. The molecule has 3 rings (SSSR count). The van der Waals surface area contributed by atoms with E-state index < -0.39 is 0 Å². The van der Waals surface area contributed by atoms with Gasteiger partial charge in [0.2, 0.25) is 0 Å². The third-order valence-electron chi connectivity index (χ3n) is 4.48. The second kappa shape index (κ2) is 7.06. The van der Waals surface area contributed by atoms with Gasteiger partial charge >= 0.3 is 0 Å². The van der Waals surface area contributed by atoms with Crippen molar-refractivity contribution in [2.24, 2.45) is 0 Å². The minimum Gasteiger partial charge on any atom is -0.378 e. The number of hydrogen-bond acceptors (Lipinski definition) is 3. The largest absolute Gasteiger partial charge is 0.378 e. The number of fused-ring (bicyclic) bond motifs is 1. The first-order valence-electron chi connectivity index (χ1n) is 8.76. The third kappa shape index (κ3) is 3.55. The highest BCUT2D eigenvalue weighted by Crippen LogP contribution is 2.28. The predicted molar refractivity (Wildman–Crippen MR) is 108 cm³/mol. The van der Waals surface area contributed by atoms with Gasteiger partial charge in [-0.15, -0.1) is 0 Å². The van der Waals surface area contributed by atoms with Crippen LogP contribution in [0.1, 0.15) is 31.0 Å². The number of aromatic nitrogens is 1. The molecule has 3 nitrogen and oxygen atoms in total. The molecular weight excluding hydrogens is 306 g/mol. The summed E-state index contributed by atoms with van der Waals surface area (Å²) in [6, 6.07) is 17.0. The number of nitrogens with zero attached hydrogens (tertiary/aromatic N) is 2. The van der Waals surface area contributed by atoms with Gasteiger partial charge in [0.25, 0.3) is 0 Å². The van der Waals surface area contributed by atoms with Gasteiger partial charge in [0, 0.05) is 42.1 Å². The fourth-order valence-electron chi connectivity index (χ4n) is 3.13. The van der Waals surface area contributed by atoms with Crippen molar-refractivity contribution >= 4 is 22.3 Å². The van der Waals surface area contributed by atoms with Gasteiger partial charge in [0.15, 0.2) is 0 Å². The molecule has 0 spiro atoms. The molecule has 0 amide bonds. The highest BCUT2D eigenvalue weighted by Gasteiger charge is 2.10. The van der Waals surface area contributed by atoms with E-state index in [2.05, 4.69) is 54.3 Å². The monoisotopic (exact) mass is 331 g/mol. The molecule has 0 atom stereocenters. The lowest BCUT2D eigenvalue weighted by Crippen LogP contribution is -2.07. The summed E-state index contributed by atoms with van der Waals surface area (Å²) < 4.78 is 0. The van der Waals surface area contributed by atoms with Crippen LogP contribution in [0.5, 0.6) is 0 Å². The summed E-state index contributed by atoms with van der Waals surface area (Å²) in [6.07, 6.45) is 1.78. The molecule has 0 unspecified atom stereocenters. The molecule has 0 fully saturated rings. The van der Waals surface area contributed by atoms with Crippen LogP contribution in [0, 0.1) is 12.3 Å². The van der Waals surface area contributed by atoms with Crippen molar-refractivity contribution in [2.45, 2.75) is 26.7 Å². The Morgan fingerprint density at radius 1 is 1.00 bits per heavy atom. The summed E-state index contributed by atoms with van der Waals surface area (Å²) in [5, 5.41) is 9.42. The zero-order valence-corrected chi connectivity index (χ0v) is 15.4. The van der Waals surface area contributed by atoms with Crippen LogP contribution in [0.25, 0.3) is 22.0 Å². The summed E-state index contributed by atoms with van der Waals surface area (Å²) in [4.78, 5) is 6.80. The van der Waals surface area contributed by atoms with Gasteiger partial charge in [0.1, 0.15) is 0 Å². The van der Waals surface area contributed by atoms with Crippen molar-refractivity contribution < 1.29 is 0 Å². The number of hydrogen-bond donors (Lipinski definition) is 1. The van der Waals surface area contributed by atoms with E-state index in [-0.39, 0.29) is 0 Å². The average Bonchev–Trinajstić information content (AvgIpc) is 2.60. The van der Waals surface area contributed by atoms with E-state index in [9.17, 15) is 0 Å². The molecule has 1 aromatic heterocycles. The van der Waals surface area contributed by atoms with Gasteiger partial charge in [-0.25, -0.2) is 0 Å². The molecule has 0 saturated carbocycles. The molecule has 0 saturated heterocycles. The van der Waals surface area contributed by atoms with E-state index in [0.29, 0.717) is 5.71 Å². The summed E-state index contributed by atoms with van der Waals surface area (Å²) >= 11 is 0. The van der Waals surface area contributed by atoms with Crippen molar-refractivity contribution in [3.63, 3.8) is 0 Å². The summed E-state index contributed by atoms with van der Waals surface area (Å²) in [7, 11) is 4.09. The van der Waals surface area contributed by atoms with E-state index in [0.717, 1.165) is 40.6 Å². The van der Waals surface area contributed by atoms with E-state index in [4.69, 9.17) is 10.4 Å².